The third kappa shape index (κ3) is 2.93. The maximum Gasteiger partial charge on any atom is 0.129 e. The predicted octanol–water partition coefficient (Wildman–Crippen LogP) is 0.886. The summed E-state index contributed by atoms with van der Waals surface area (Å²) in [5, 5.41) is 0.469. The Balaban J connectivity index is 2.73. The molecule has 72 valence electrons. The van der Waals surface area contributed by atoms with E-state index in [1.54, 1.807) is 19.4 Å². The summed E-state index contributed by atoms with van der Waals surface area (Å²) in [5.41, 5.74) is 3.58. The monoisotopic (exact) mass is 201 g/mol. The molecule has 1 aromatic heterocycles. The number of nitrogens with one attached hydrogen (secondary N) is 1. The third-order valence-corrected chi connectivity index (χ3v) is 1.91. The minimum Gasteiger partial charge on any atom is -0.383 e. The molecule has 3 N–H and O–H groups in total. The highest BCUT2D eigenvalue weighted by atomic mass is 35.5. The molecule has 1 aromatic rings. The minimum absolute atomic E-state index is 0.0465. The van der Waals surface area contributed by atoms with E-state index in [0.717, 1.165) is 5.56 Å². The van der Waals surface area contributed by atoms with Gasteiger partial charge in [-0.15, -0.1) is 0 Å². The summed E-state index contributed by atoms with van der Waals surface area (Å²) in [5.74, 6) is 5.34. The Morgan fingerprint density at radius 3 is 2.92 bits per heavy atom. The summed E-state index contributed by atoms with van der Waals surface area (Å²) in [6.07, 6.45) is 1.67. The second-order valence-electron chi connectivity index (χ2n) is 2.59. The largest absolute Gasteiger partial charge is 0.383 e. The van der Waals surface area contributed by atoms with Gasteiger partial charge in [0.2, 0.25) is 0 Å². The molecule has 0 aliphatic heterocycles. The summed E-state index contributed by atoms with van der Waals surface area (Å²) in [7, 11) is 1.62. The molecule has 1 heterocycles. The average molecular weight is 202 g/mol. The molecule has 0 aliphatic carbocycles. The summed E-state index contributed by atoms with van der Waals surface area (Å²) in [6.45, 7) is 0.500. The van der Waals surface area contributed by atoms with E-state index in [1.807, 2.05) is 6.07 Å². The molecular formula is C8H12ClN3O. The van der Waals surface area contributed by atoms with Crippen LogP contribution in [0.5, 0.6) is 0 Å². The molecule has 13 heavy (non-hydrogen) atoms. The molecule has 4 nitrogen and oxygen atoms in total. The second kappa shape index (κ2) is 5.14. The minimum atomic E-state index is -0.0465. The van der Waals surface area contributed by atoms with Crippen molar-refractivity contribution in [1.82, 2.24) is 10.4 Å². The Kier molecular flexibility index (Phi) is 4.11. The molecule has 0 amide bonds. The van der Waals surface area contributed by atoms with E-state index in [1.165, 1.54) is 0 Å². The lowest BCUT2D eigenvalue weighted by Gasteiger charge is -2.14. The Hall–Kier alpha value is -0.680. The van der Waals surface area contributed by atoms with E-state index in [9.17, 15) is 0 Å². The van der Waals surface area contributed by atoms with E-state index in [-0.39, 0.29) is 6.04 Å². The van der Waals surface area contributed by atoms with E-state index in [4.69, 9.17) is 22.2 Å². The molecule has 0 saturated carbocycles. The van der Waals surface area contributed by atoms with Crippen LogP contribution in [0.1, 0.15) is 11.6 Å². The van der Waals surface area contributed by atoms with E-state index >= 15 is 0 Å². The Labute approximate surface area is 82.0 Å². The highest BCUT2D eigenvalue weighted by Crippen LogP contribution is 2.13. The summed E-state index contributed by atoms with van der Waals surface area (Å²) in [6, 6.07) is 3.53. The van der Waals surface area contributed by atoms with Gasteiger partial charge >= 0.3 is 0 Å². The van der Waals surface area contributed by atoms with Crippen LogP contribution < -0.4 is 11.3 Å². The summed E-state index contributed by atoms with van der Waals surface area (Å²) < 4.78 is 4.98. The Bertz CT molecular complexity index is 252. The molecule has 0 bridgehead atoms. The normalized spacial score (nSPS) is 12.8. The lowest BCUT2D eigenvalue weighted by molar-refractivity contribution is 0.167. The Morgan fingerprint density at radius 2 is 2.46 bits per heavy atom. The summed E-state index contributed by atoms with van der Waals surface area (Å²) >= 11 is 5.64. The van der Waals surface area contributed by atoms with Crippen molar-refractivity contribution in [3.8, 4) is 0 Å². The first-order valence-corrected chi connectivity index (χ1v) is 4.22. The van der Waals surface area contributed by atoms with Crippen LogP contribution in [0.25, 0.3) is 0 Å². The van der Waals surface area contributed by atoms with Crippen LogP contribution in [-0.4, -0.2) is 18.7 Å². The van der Waals surface area contributed by atoms with Gasteiger partial charge in [-0.3, -0.25) is 11.3 Å². The van der Waals surface area contributed by atoms with Crippen LogP contribution in [0.4, 0.5) is 0 Å². The van der Waals surface area contributed by atoms with Crippen LogP contribution in [0, 0.1) is 0 Å². The molecule has 0 radical (unpaired) electrons. The average Bonchev–Trinajstić information content (AvgIpc) is 2.16. The SMILES string of the molecule is COCC(NN)c1ccc(Cl)nc1. The third-order valence-electron chi connectivity index (χ3n) is 1.69. The first kappa shape index (κ1) is 10.4. The number of methoxy groups -OCH3 is 1. The Morgan fingerprint density at radius 1 is 1.69 bits per heavy atom. The maximum atomic E-state index is 5.64. The van der Waals surface area contributed by atoms with Crippen LogP contribution in [0.2, 0.25) is 5.15 Å². The smallest absolute Gasteiger partial charge is 0.129 e. The summed E-state index contributed by atoms with van der Waals surface area (Å²) in [4.78, 5) is 3.94. The van der Waals surface area contributed by atoms with Crippen molar-refractivity contribution in [2.24, 2.45) is 5.84 Å². The number of nitrogens with zero attached hydrogens (tertiary/aromatic N) is 1. The van der Waals surface area contributed by atoms with Gasteiger partial charge in [0.25, 0.3) is 0 Å². The van der Waals surface area contributed by atoms with E-state index < -0.39 is 0 Å². The first-order chi connectivity index (χ1) is 6.27. The number of halogens is 1. The fraction of sp³-hybridized carbons (Fsp3) is 0.375. The van der Waals surface area contributed by atoms with Crippen LogP contribution in [0.15, 0.2) is 18.3 Å². The lowest BCUT2D eigenvalue weighted by atomic mass is 10.1. The lowest BCUT2D eigenvalue weighted by Crippen LogP contribution is -2.31. The van der Waals surface area contributed by atoms with Crippen molar-refractivity contribution >= 4 is 11.6 Å². The number of hydrazine groups is 1. The van der Waals surface area contributed by atoms with Crippen molar-refractivity contribution in [2.75, 3.05) is 13.7 Å². The van der Waals surface area contributed by atoms with Crippen molar-refractivity contribution in [2.45, 2.75) is 6.04 Å². The van der Waals surface area contributed by atoms with Gasteiger partial charge in [-0.05, 0) is 11.6 Å². The number of nitrogens with two attached hydrogens (primary N) is 1. The van der Waals surface area contributed by atoms with Crippen LogP contribution in [0.3, 0.4) is 0 Å². The molecule has 1 unspecified atom stereocenters. The van der Waals surface area contributed by atoms with Crippen LogP contribution in [-0.2, 0) is 4.74 Å². The maximum absolute atomic E-state index is 5.64. The zero-order valence-corrected chi connectivity index (χ0v) is 8.08. The standard InChI is InChI=1S/C8H12ClN3O/c1-13-5-7(12-10)6-2-3-8(9)11-4-6/h2-4,7,12H,5,10H2,1H3. The topological polar surface area (TPSA) is 60.2 Å². The number of aromatic nitrogens is 1. The highest BCUT2D eigenvalue weighted by Gasteiger charge is 2.08. The zero-order chi connectivity index (χ0) is 9.68. The predicted molar refractivity (Wildman–Crippen MR) is 51.2 cm³/mol. The van der Waals surface area contributed by atoms with E-state index in [2.05, 4.69) is 10.4 Å². The van der Waals surface area contributed by atoms with Crippen molar-refractivity contribution in [3.05, 3.63) is 29.0 Å². The molecule has 0 fully saturated rings. The van der Waals surface area contributed by atoms with Crippen molar-refractivity contribution in [1.29, 1.82) is 0 Å². The number of pyridine rings is 1. The van der Waals surface area contributed by atoms with Crippen LogP contribution >= 0.6 is 11.6 Å². The fourth-order valence-corrected chi connectivity index (χ4v) is 1.11. The van der Waals surface area contributed by atoms with Crippen molar-refractivity contribution in [3.63, 3.8) is 0 Å². The fourth-order valence-electron chi connectivity index (χ4n) is 1.00. The number of ether oxygens (including phenoxy) is 1. The van der Waals surface area contributed by atoms with Gasteiger partial charge in [0.1, 0.15) is 5.15 Å². The number of hydrogen-bond acceptors (Lipinski definition) is 4. The molecular weight excluding hydrogens is 190 g/mol. The first-order valence-electron chi connectivity index (χ1n) is 3.84. The molecule has 0 aliphatic rings. The van der Waals surface area contributed by atoms with Gasteiger partial charge in [-0.25, -0.2) is 4.98 Å². The zero-order valence-electron chi connectivity index (χ0n) is 7.33. The quantitative estimate of drug-likeness (QED) is 0.432. The van der Waals surface area contributed by atoms with Crippen molar-refractivity contribution < 1.29 is 4.74 Å². The highest BCUT2D eigenvalue weighted by molar-refractivity contribution is 6.29. The van der Waals surface area contributed by atoms with Gasteiger partial charge in [0, 0.05) is 13.3 Å². The van der Waals surface area contributed by atoms with Gasteiger partial charge in [0.15, 0.2) is 0 Å². The van der Waals surface area contributed by atoms with Gasteiger partial charge in [-0.2, -0.15) is 0 Å². The van der Waals surface area contributed by atoms with Gasteiger partial charge in [-0.1, -0.05) is 17.7 Å². The second-order valence-corrected chi connectivity index (χ2v) is 2.98. The molecule has 0 aromatic carbocycles. The van der Waals surface area contributed by atoms with E-state index in [0.29, 0.717) is 11.8 Å². The molecule has 1 atom stereocenters. The molecule has 1 rings (SSSR count). The number of rotatable bonds is 4. The number of hydrogen-bond donors (Lipinski definition) is 2. The molecule has 0 saturated heterocycles. The molecule has 0 spiro atoms. The van der Waals surface area contributed by atoms with Gasteiger partial charge < -0.3 is 4.74 Å². The molecule has 5 heteroatoms. The van der Waals surface area contributed by atoms with Gasteiger partial charge in [0.05, 0.1) is 12.6 Å².